The number of aromatic nitrogens is 2. The summed E-state index contributed by atoms with van der Waals surface area (Å²) in [7, 11) is -10.8. The fourth-order valence-electron chi connectivity index (χ4n) is 6.06. The van der Waals surface area contributed by atoms with Crippen molar-refractivity contribution in [1.29, 1.82) is 0 Å². The minimum Gasteiger partial charge on any atom is -0.462 e. The molecule has 57 heavy (non-hydrogen) atoms. The molecular weight excluding hydrogens is 788 g/mol. The predicted octanol–water partition coefficient (Wildman–Crippen LogP) is 6.09. The molecule has 0 spiro atoms. The molecule has 1 fully saturated rings. The van der Waals surface area contributed by atoms with E-state index >= 15 is 0 Å². The van der Waals surface area contributed by atoms with Crippen molar-refractivity contribution in [2.75, 3.05) is 25.6 Å². The third kappa shape index (κ3) is 21.5. The highest BCUT2D eigenvalue weighted by atomic mass is 31.3. The van der Waals surface area contributed by atoms with Gasteiger partial charge in [-0.15, -0.1) is 0 Å². The number of hydrogen-bond acceptors (Lipinski definition) is 15. The number of aliphatic hydroxyl groups excluding tert-OH is 2. The van der Waals surface area contributed by atoms with E-state index in [4.69, 9.17) is 29.0 Å². The SMILES string of the molecule is CCC(C)CCCCCCCCC(=O)O[C@H](COC(=O)CCCCCCCCC(C)C)COP(=O)(O)OP(=O)(O)OC[C@H]1O[C@@H](n2ccc(N)nc2=O)C(O)[C@H]1O. The van der Waals surface area contributed by atoms with Crippen LogP contribution in [0.1, 0.15) is 143 Å². The van der Waals surface area contributed by atoms with E-state index in [-0.39, 0.29) is 18.7 Å². The van der Waals surface area contributed by atoms with Crippen LogP contribution in [0.15, 0.2) is 17.1 Å². The van der Waals surface area contributed by atoms with E-state index in [2.05, 4.69) is 37.0 Å². The van der Waals surface area contributed by atoms with Gasteiger partial charge in [0.2, 0.25) is 0 Å². The van der Waals surface area contributed by atoms with Crippen molar-refractivity contribution < 1.29 is 66.3 Å². The number of carbonyl (C=O) groups is 2. The van der Waals surface area contributed by atoms with Crippen LogP contribution in [-0.2, 0) is 46.3 Å². The quantitative estimate of drug-likeness (QED) is 0.0321. The topological polar surface area (TPSA) is 265 Å². The van der Waals surface area contributed by atoms with Crippen molar-refractivity contribution in [3.63, 3.8) is 0 Å². The molecule has 18 nitrogen and oxygen atoms in total. The van der Waals surface area contributed by atoms with E-state index < -0.39 is 83.7 Å². The van der Waals surface area contributed by atoms with Crippen LogP contribution in [0.4, 0.5) is 5.82 Å². The number of anilines is 1. The smallest absolute Gasteiger partial charge is 0.462 e. The van der Waals surface area contributed by atoms with Crippen LogP contribution >= 0.6 is 15.6 Å². The van der Waals surface area contributed by atoms with Crippen LogP contribution in [0.2, 0.25) is 0 Å². The van der Waals surface area contributed by atoms with Crippen molar-refractivity contribution in [2.45, 2.75) is 167 Å². The lowest BCUT2D eigenvalue weighted by Crippen LogP contribution is -2.36. The van der Waals surface area contributed by atoms with Crippen LogP contribution in [0.3, 0.4) is 0 Å². The van der Waals surface area contributed by atoms with Gasteiger partial charge in [-0.2, -0.15) is 9.29 Å². The van der Waals surface area contributed by atoms with Gasteiger partial charge in [0.15, 0.2) is 12.3 Å². The second-order valence-electron chi connectivity index (χ2n) is 15.2. The number of ether oxygens (including phenoxy) is 3. The maximum atomic E-state index is 12.7. The average molecular weight is 856 g/mol. The molecule has 8 atom stereocenters. The number of phosphoric acid groups is 2. The third-order valence-corrected chi connectivity index (χ3v) is 12.3. The number of unbranched alkanes of at least 4 members (excludes halogenated alkanes) is 10. The molecule has 6 N–H and O–H groups in total. The number of rotatable bonds is 31. The molecule has 0 radical (unpaired) electrons. The lowest BCUT2D eigenvalue weighted by atomic mass is 10.00. The summed E-state index contributed by atoms with van der Waals surface area (Å²) in [6.45, 7) is 6.53. The van der Waals surface area contributed by atoms with Crippen molar-refractivity contribution in [1.82, 2.24) is 9.55 Å². The van der Waals surface area contributed by atoms with E-state index in [0.29, 0.717) is 24.7 Å². The molecular formula is C37H67N3O15P2. The molecule has 0 aromatic carbocycles. The highest BCUT2D eigenvalue weighted by Gasteiger charge is 2.46. The summed E-state index contributed by atoms with van der Waals surface area (Å²) in [6.07, 6.45) is 8.63. The lowest BCUT2D eigenvalue weighted by Gasteiger charge is -2.21. The minimum atomic E-state index is -5.41. The van der Waals surface area contributed by atoms with Crippen LogP contribution in [0, 0.1) is 11.8 Å². The number of nitrogens with two attached hydrogens (primary N) is 1. The first kappa shape index (κ1) is 50.9. The molecule has 1 aliphatic rings. The van der Waals surface area contributed by atoms with Gasteiger partial charge in [0.1, 0.15) is 30.7 Å². The summed E-state index contributed by atoms with van der Waals surface area (Å²) in [5.74, 6) is 0.0866. The van der Waals surface area contributed by atoms with Gasteiger partial charge < -0.3 is 39.9 Å². The van der Waals surface area contributed by atoms with E-state index in [9.17, 15) is 43.5 Å². The number of esters is 2. The molecule has 1 saturated heterocycles. The molecule has 2 heterocycles. The van der Waals surface area contributed by atoms with Gasteiger partial charge in [-0.05, 0) is 30.7 Å². The number of nitrogen functional groups attached to an aromatic ring is 1. The molecule has 1 aliphatic heterocycles. The molecule has 330 valence electrons. The molecule has 0 saturated carbocycles. The minimum absolute atomic E-state index is 0.0512. The summed E-state index contributed by atoms with van der Waals surface area (Å²) in [4.78, 5) is 61.3. The lowest BCUT2D eigenvalue weighted by molar-refractivity contribution is -0.161. The van der Waals surface area contributed by atoms with Gasteiger partial charge in [-0.1, -0.05) is 111 Å². The number of aliphatic hydroxyl groups is 2. The van der Waals surface area contributed by atoms with E-state index in [1.807, 2.05) is 0 Å². The van der Waals surface area contributed by atoms with Crippen molar-refractivity contribution in [2.24, 2.45) is 11.8 Å². The van der Waals surface area contributed by atoms with Crippen molar-refractivity contribution >= 4 is 33.4 Å². The fourth-order valence-corrected chi connectivity index (χ4v) is 8.17. The first-order valence-corrected chi connectivity index (χ1v) is 23.3. The Morgan fingerprint density at radius 1 is 0.842 bits per heavy atom. The Morgan fingerprint density at radius 2 is 1.40 bits per heavy atom. The molecule has 1 aromatic heterocycles. The molecule has 4 unspecified atom stereocenters. The normalized spacial score (nSPS) is 21.5. The Kier molecular flexibility index (Phi) is 23.9. The zero-order valence-electron chi connectivity index (χ0n) is 34.0. The summed E-state index contributed by atoms with van der Waals surface area (Å²) < 4.78 is 56.3. The van der Waals surface area contributed by atoms with Crippen LogP contribution < -0.4 is 11.4 Å². The van der Waals surface area contributed by atoms with E-state index in [1.165, 1.54) is 31.7 Å². The van der Waals surface area contributed by atoms with Crippen LogP contribution in [0.5, 0.6) is 0 Å². The molecule has 0 amide bonds. The molecule has 1 aromatic rings. The van der Waals surface area contributed by atoms with E-state index in [0.717, 1.165) is 68.6 Å². The highest BCUT2D eigenvalue weighted by Crippen LogP contribution is 2.60. The zero-order valence-corrected chi connectivity index (χ0v) is 35.8. The Labute approximate surface area is 336 Å². The Hall–Kier alpha value is -2.24. The first-order valence-electron chi connectivity index (χ1n) is 20.3. The van der Waals surface area contributed by atoms with Gasteiger partial charge in [0, 0.05) is 19.0 Å². The number of phosphoric ester groups is 2. The molecule has 0 aliphatic carbocycles. The Morgan fingerprint density at radius 3 is 2.00 bits per heavy atom. The van der Waals surface area contributed by atoms with Crippen molar-refractivity contribution in [3.05, 3.63) is 22.7 Å². The van der Waals surface area contributed by atoms with E-state index in [1.54, 1.807) is 0 Å². The third-order valence-electron chi connectivity index (χ3n) is 9.66. The van der Waals surface area contributed by atoms with Crippen LogP contribution in [-0.4, -0.2) is 85.7 Å². The average Bonchev–Trinajstić information content (AvgIpc) is 3.42. The van der Waals surface area contributed by atoms with Gasteiger partial charge in [0.05, 0.1) is 13.2 Å². The van der Waals surface area contributed by atoms with Crippen molar-refractivity contribution in [3.8, 4) is 0 Å². The zero-order chi connectivity index (χ0) is 42.4. The summed E-state index contributed by atoms with van der Waals surface area (Å²) in [6, 6.07) is 1.24. The largest absolute Gasteiger partial charge is 0.481 e. The molecule has 2 rings (SSSR count). The summed E-state index contributed by atoms with van der Waals surface area (Å²) in [5, 5.41) is 20.8. The Balaban J connectivity index is 1.88. The predicted molar refractivity (Wildman–Crippen MR) is 210 cm³/mol. The standard InChI is InChI=1S/C37H67N3O15P2/c1-5-28(4)19-15-11-7-9-13-17-21-33(42)53-29(24-50-32(41)20-16-12-8-6-10-14-18-27(2)3)25-51-56(46,47)55-57(48,49)52-26-30-34(43)35(44)36(54-30)40-23-22-31(38)39-37(40)45/h22-23,27-30,34-36,43-44H,5-21,24-26H2,1-4H3,(H,46,47)(H,48,49)(H2,38,39,45)/t28?,29-,30-,34+,35?,36-/m1/s1. The summed E-state index contributed by atoms with van der Waals surface area (Å²) in [5.41, 5.74) is 4.56. The number of nitrogens with zero attached hydrogens (tertiary/aromatic N) is 2. The number of carbonyl (C=O) groups excluding carboxylic acids is 2. The monoisotopic (exact) mass is 855 g/mol. The second kappa shape index (κ2) is 26.8. The highest BCUT2D eigenvalue weighted by molar-refractivity contribution is 7.61. The van der Waals surface area contributed by atoms with Crippen LogP contribution in [0.25, 0.3) is 0 Å². The molecule has 0 bridgehead atoms. The molecule has 20 heteroatoms. The van der Waals surface area contributed by atoms with Gasteiger partial charge in [-0.25, -0.2) is 13.9 Å². The number of hydrogen-bond donors (Lipinski definition) is 5. The van der Waals surface area contributed by atoms with Gasteiger partial charge in [-0.3, -0.25) is 23.2 Å². The first-order chi connectivity index (χ1) is 26.9. The second-order valence-corrected chi connectivity index (χ2v) is 18.3. The van der Waals surface area contributed by atoms with Gasteiger partial charge >= 0.3 is 33.3 Å². The maximum absolute atomic E-state index is 12.7. The fraction of sp³-hybridized carbons (Fsp3) is 0.838. The summed E-state index contributed by atoms with van der Waals surface area (Å²) >= 11 is 0. The van der Waals surface area contributed by atoms with Gasteiger partial charge in [0.25, 0.3) is 0 Å². The maximum Gasteiger partial charge on any atom is 0.481 e. The Bertz CT molecular complexity index is 1480.